The summed E-state index contributed by atoms with van der Waals surface area (Å²) >= 11 is 5.94. The third-order valence-electron chi connectivity index (χ3n) is 3.36. The van der Waals surface area contributed by atoms with E-state index in [4.69, 9.17) is 25.5 Å². The van der Waals surface area contributed by atoms with E-state index in [-0.39, 0.29) is 0 Å². The first-order valence-corrected chi connectivity index (χ1v) is 7.42. The van der Waals surface area contributed by atoms with E-state index in [1.54, 1.807) is 7.11 Å². The van der Waals surface area contributed by atoms with Gasteiger partial charge in [0.05, 0.1) is 31.4 Å². The molecule has 22 heavy (non-hydrogen) atoms. The molecule has 0 N–H and O–H groups in total. The first kappa shape index (κ1) is 14.7. The third kappa shape index (κ3) is 2.85. The highest BCUT2D eigenvalue weighted by molar-refractivity contribution is 6.30. The lowest BCUT2D eigenvalue weighted by Gasteiger charge is -2.05. The molecule has 0 bridgehead atoms. The fourth-order valence-corrected chi connectivity index (χ4v) is 2.42. The van der Waals surface area contributed by atoms with E-state index >= 15 is 0 Å². The van der Waals surface area contributed by atoms with Crippen LogP contribution in [0, 0.1) is 0 Å². The number of fused-ring (bicyclic) bond motifs is 1. The second-order valence-electron chi connectivity index (χ2n) is 4.78. The lowest BCUT2D eigenvalue weighted by atomic mass is 10.1. The minimum atomic E-state index is 0.588. The Morgan fingerprint density at radius 3 is 2.50 bits per heavy atom. The van der Waals surface area contributed by atoms with E-state index in [1.165, 1.54) is 0 Å². The van der Waals surface area contributed by atoms with E-state index in [0.717, 1.165) is 33.8 Å². The zero-order valence-electron chi connectivity index (χ0n) is 12.4. The van der Waals surface area contributed by atoms with Gasteiger partial charge in [0.2, 0.25) is 0 Å². The maximum absolute atomic E-state index is 6.01. The van der Waals surface area contributed by atoms with Crippen LogP contribution in [0.4, 0.5) is 0 Å². The molecule has 0 atom stereocenters. The lowest BCUT2D eigenvalue weighted by molar-refractivity contribution is 0.342. The molecule has 3 nitrogen and oxygen atoms in total. The van der Waals surface area contributed by atoms with E-state index in [0.29, 0.717) is 11.6 Å². The predicted octanol–water partition coefficient (Wildman–Crippen LogP) is 5.44. The number of ether oxygens (including phenoxy) is 2. The highest BCUT2D eigenvalue weighted by Crippen LogP contribution is 2.34. The molecule has 0 radical (unpaired) electrons. The molecule has 1 heterocycles. The van der Waals surface area contributed by atoms with Crippen molar-refractivity contribution in [3.63, 3.8) is 0 Å². The molecule has 1 aromatic heterocycles. The molecule has 0 fully saturated rings. The van der Waals surface area contributed by atoms with Gasteiger partial charge in [-0.2, -0.15) is 0 Å². The standard InChI is InChI=1S/C18H16ClO3/c1-3-21-17-11-16(12-4-6-13(19)7-5-12)22-18-10-14(20-2)8-9-15(17)18/h4-11H,3H2,1-2H3/q+1. The Kier molecular flexibility index (Phi) is 4.16. The SMILES string of the molecule is CCOc1cc(-c2ccc(Cl)cc2)[o+]c2cc(OC)ccc12. The van der Waals surface area contributed by atoms with Crippen molar-refractivity contribution >= 4 is 22.6 Å². The molecule has 0 unspecified atom stereocenters. The van der Waals surface area contributed by atoms with Crippen LogP contribution in [0.3, 0.4) is 0 Å². The molecule has 3 aromatic rings. The van der Waals surface area contributed by atoms with Crippen molar-refractivity contribution in [2.75, 3.05) is 13.7 Å². The topological polar surface area (TPSA) is 29.8 Å². The average molecular weight is 316 g/mol. The molecule has 0 spiro atoms. The third-order valence-corrected chi connectivity index (χ3v) is 3.62. The van der Waals surface area contributed by atoms with Gasteiger partial charge in [-0.05, 0) is 43.3 Å². The number of benzene rings is 2. The summed E-state index contributed by atoms with van der Waals surface area (Å²) < 4.78 is 17.0. The summed E-state index contributed by atoms with van der Waals surface area (Å²) in [5.41, 5.74) is 1.66. The molecule has 0 amide bonds. The number of halogens is 1. The molecule has 3 rings (SSSR count). The molecule has 0 saturated heterocycles. The van der Waals surface area contributed by atoms with Crippen LogP contribution in [-0.4, -0.2) is 13.7 Å². The zero-order valence-corrected chi connectivity index (χ0v) is 13.2. The van der Waals surface area contributed by atoms with Gasteiger partial charge in [0.1, 0.15) is 16.9 Å². The van der Waals surface area contributed by atoms with Crippen molar-refractivity contribution in [2.45, 2.75) is 6.92 Å². The van der Waals surface area contributed by atoms with Crippen molar-refractivity contribution in [3.8, 4) is 22.8 Å². The van der Waals surface area contributed by atoms with Gasteiger partial charge in [-0.1, -0.05) is 11.6 Å². The normalized spacial score (nSPS) is 10.7. The van der Waals surface area contributed by atoms with Gasteiger partial charge >= 0.3 is 11.3 Å². The van der Waals surface area contributed by atoms with Crippen LogP contribution in [0.15, 0.2) is 52.9 Å². The van der Waals surface area contributed by atoms with Crippen molar-refractivity contribution < 1.29 is 13.9 Å². The Labute approximate surface area is 134 Å². The van der Waals surface area contributed by atoms with Crippen molar-refractivity contribution in [1.82, 2.24) is 0 Å². The second kappa shape index (κ2) is 6.24. The fourth-order valence-electron chi connectivity index (χ4n) is 2.29. The van der Waals surface area contributed by atoms with Gasteiger partial charge in [0.25, 0.3) is 0 Å². The van der Waals surface area contributed by atoms with Crippen LogP contribution in [0.25, 0.3) is 22.3 Å². The number of hydrogen-bond donors (Lipinski definition) is 0. The minimum Gasteiger partial charge on any atom is -0.496 e. The minimum absolute atomic E-state index is 0.588. The quantitative estimate of drug-likeness (QED) is 0.600. The fraction of sp³-hybridized carbons (Fsp3) is 0.167. The summed E-state index contributed by atoms with van der Waals surface area (Å²) in [7, 11) is 1.63. The molecule has 0 aliphatic rings. The van der Waals surface area contributed by atoms with Crippen molar-refractivity contribution in [1.29, 1.82) is 0 Å². The molecule has 0 aliphatic carbocycles. The van der Waals surface area contributed by atoms with E-state index in [1.807, 2.05) is 55.5 Å². The Morgan fingerprint density at radius 2 is 1.82 bits per heavy atom. The summed E-state index contributed by atoms with van der Waals surface area (Å²) in [6.07, 6.45) is 0. The predicted molar refractivity (Wildman–Crippen MR) is 88.8 cm³/mol. The van der Waals surface area contributed by atoms with Crippen LogP contribution >= 0.6 is 11.6 Å². The van der Waals surface area contributed by atoms with Crippen LogP contribution in [-0.2, 0) is 0 Å². The molecular weight excluding hydrogens is 300 g/mol. The lowest BCUT2D eigenvalue weighted by Crippen LogP contribution is -1.94. The molecule has 112 valence electrons. The summed E-state index contributed by atoms with van der Waals surface area (Å²) in [5.74, 6) is 2.25. The van der Waals surface area contributed by atoms with Gasteiger partial charge in [-0.15, -0.1) is 0 Å². The summed E-state index contributed by atoms with van der Waals surface area (Å²) in [4.78, 5) is 0. The van der Waals surface area contributed by atoms with Crippen molar-refractivity contribution in [2.24, 2.45) is 0 Å². The maximum Gasteiger partial charge on any atom is 0.368 e. The van der Waals surface area contributed by atoms with E-state index in [9.17, 15) is 0 Å². The van der Waals surface area contributed by atoms with Gasteiger partial charge < -0.3 is 9.47 Å². The molecule has 4 heteroatoms. The molecule has 2 aromatic carbocycles. The molecule has 0 saturated carbocycles. The first-order chi connectivity index (χ1) is 10.7. The summed E-state index contributed by atoms with van der Waals surface area (Å²) in [6.45, 7) is 2.55. The summed E-state index contributed by atoms with van der Waals surface area (Å²) in [5, 5.41) is 1.61. The van der Waals surface area contributed by atoms with Crippen LogP contribution < -0.4 is 9.47 Å². The van der Waals surface area contributed by atoms with Gasteiger partial charge in [-0.3, -0.25) is 0 Å². The van der Waals surface area contributed by atoms with Crippen LogP contribution in [0.5, 0.6) is 11.5 Å². The van der Waals surface area contributed by atoms with E-state index < -0.39 is 0 Å². The summed E-state index contributed by atoms with van der Waals surface area (Å²) in [6, 6.07) is 15.1. The van der Waals surface area contributed by atoms with Gasteiger partial charge in [0.15, 0.2) is 0 Å². The largest absolute Gasteiger partial charge is 0.496 e. The smallest absolute Gasteiger partial charge is 0.368 e. The average Bonchev–Trinajstić information content (AvgIpc) is 2.55. The van der Waals surface area contributed by atoms with Crippen LogP contribution in [0.1, 0.15) is 6.92 Å². The monoisotopic (exact) mass is 315 g/mol. The Hall–Kier alpha value is -2.26. The van der Waals surface area contributed by atoms with Gasteiger partial charge in [0, 0.05) is 5.02 Å². The number of methoxy groups -OCH3 is 1. The first-order valence-electron chi connectivity index (χ1n) is 7.05. The molecular formula is C18H16ClO3+. The zero-order chi connectivity index (χ0) is 15.5. The van der Waals surface area contributed by atoms with Crippen molar-refractivity contribution in [3.05, 3.63) is 53.6 Å². The second-order valence-corrected chi connectivity index (χ2v) is 5.21. The Morgan fingerprint density at radius 1 is 1.05 bits per heavy atom. The highest BCUT2D eigenvalue weighted by Gasteiger charge is 2.20. The highest BCUT2D eigenvalue weighted by atomic mass is 35.5. The Balaban J connectivity index is 2.19. The van der Waals surface area contributed by atoms with Gasteiger partial charge in [-0.25, -0.2) is 4.42 Å². The Bertz CT molecular complexity index is 797. The number of hydrogen-bond acceptors (Lipinski definition) is 2. The molecule has 0 aliphatic heterocycles. The maximum atomic E-state index is 6.01. The number of rotatable bonds is 4. The van der Waals surface area contributed by atoms with E-state index in [2.05, 4.69) is 0 Å². The van der Waals surface area contributed by atoms with Crippen LogP contribution in [0.2, 0.25) is 5.02 Å².